The highest BCUT2D eigenvalue weighted by Gasteiger charge is 2.41. The van der Waals surface area contributed by atoms with Gasteiger partial charge in [-0.1, -0.05) is 0 Å². The lowest BCUT2D eigenvalue weighted by Gasteiger charge is -2.39. The molecule has 0 spiro atoms. The van der Waals surface area contributed by atoms with Gasteiger partial charge in [0.1, 0.15) is 17.6 Å². The number of nitrogens with zero attached hydrogens (tertiary/aromatic N) is 2. The van der Waals surface area contributed by atoms with Crippen LogP contribution in [-0.2, 0) is 22.8 Å². The summed E-state index contributed by atoms with van der Waals surface area (Å²) in [6.45, 7) is 12.2. The van der Waals surface area contributed by atoms with Crippen molar-refractivity contribution in [2.45, 2.75) is 58.4 Å². The van der Waals surface area contributed by atoms with Gasteiger partial charge in [-0.05, 0) is 46.8 Å². The Morgan fingerprint density at radius 2 is 2.14 bits per heavy atom. The number of hydrogen-bond acceptors (Lipinski definition) is 5. The molecule has 3 rings (SSSR count). The SMILES string of the molecule is CCNC(=NCc1cc2c(cc1OCC)CC(C)O2)N1CCS(=O)(=O)C(C)(C)C1. The van der Waals surface area contributed by atoms with Crippen LogP contribution in [0, 0.1) is 0 Å². The minimum atomic E-state index is -3.10. The van der Waals surface area contributed by atoms with Gasteiger partial charge >= 0.3 is 0 Å². The van der Waals surface area contributed by atoms with Crippen LogP contribution in [0.3, 0.4) is 0 Å². The Morgan fingerprint density at radius 1 is 1.38 bits per heavy atom. The van der Waals surface area contributed by atoms with Crippen LogP contribution in [-0.4, -0.2) is 62.1 Å². The average Bonchev–Trinajstić information content (AvgIpc) is 3.00. The molecule has 2 aliphatic heterocycles. The van der Waals surface area contributed by atoms with Crippen molar-refractivity contribution in [3.05, 3.63) is 23.3 Å². The van der Waals surface area contributed by atoms with E-state index in [1.165, 1.54) is 5.56 Å². The van der Waals surface area contributed by atoms with Gasteiger partial charge in [-0.15, -0.1) is 0 Å². The van der Waals surface area contributed by atoms with Gasteiger partial charge in [-0.3, -0.25) is 0 Å². The first-order valence-corrected chi connectivity index (χ1v) is 12.0. The molecule has 0 aliphatic carbocycles. The molecule has 0 amide bonds. The van der Waals surface area contributed by atoms with Gasteiger partial charge < -0.3 is 19.7 Å². The van der Waals surface area contributed by atoms with Crippen LogP contribution in [0.2, 0.25) is 0 Å². The summed E-state index contributed by atoms with van der Waals surface area (Å²) in [5.41, 5.74) is 2.14. The predicted molar refractivity (Wildman–Crippen MR) is 116 cm³/mol. The van der Waals surface area contributed by atoms with Crippen molar-refractivity contribution in [1.29, 1.82) is 0 Å². The molecule has 1 atom stereocenters. The summed E-state index contributed by atoms with van der Waals surface area (Å²) in [6, 6.07) is 4.10. The summed E-state index contributed by atoms with van der Waals surface area (Å²) in [6.07, 6.45) is 1.06. The molecule has 1 unspecified atom stereocenters. The highest BCUT2D eigenvalue weighted by atomic mass is 32.2. The van der Waals surface area contributed by atoms with Gasteiger partial charge in [0.2, 0.25) is 0 Å². The van der Waals surface area contributed by atoms with E-state index in [9.17, 15) is 8.42 Å². The highest BCUT2D eigenvalue weighted by molar-refractivity contribution is 7.92. The number of sulfone groups is 1. The van der Waals surface area contributed by atoms with Crippen LogP contribution in [0.15, 0.2) is 17.1 Å². The van der Waals surface area contributed by atoms with E-state index in [1.807, 2.05) is 24.8 Å². The van der Waals surface area contributed by atoms with E-state index in [2.05, 4.69) is 18.3 Å². The second-order valence-corrected chi connectivity index (χ2v) is 11.0. The minimum absolute atomic E-state index is 0.138. The van der Waals surface area contributed by atoms with Crippen molar-refractivity contribution in [1.82, 2.24) is 10.2 Å². The molecule has 0 bridgehead atoms. The fourth-order valence-corrected chi connectivity index (χ4v) is 5.17. The van der Waals surface area contributed by atoms with Crippen molar-refractivity contribution >= 4 is 15.8 Å². The Labute approximate surface area is 174 Å². The van der Waals surface area contributed by atoms with Crippen molar-refractivity contribution < 1.29 is 17.9 Å². The van der Waals surface area contributed by atoms with Crippen molar-refractivity contribution in [3.8, 4) is 11.5 Å². The number of hydrogen-bond donors (Lipinski definition) is 1. The molecule has 2 aliphatic rings. The van der Waals surface area contributed by atoms with Gasteiger partial charge in [0, 0.05) is 37.2 Å². The topological polar surface area (TPSA) is 80.2 Å². The Balaban J connectivity index is 1.85. The lowest BCUT2D eigenvalue weighted by molar-refractivity contribution is 0.254. The zero-order valence-corrected chi connectivity index (χ0v) is 18.9. The van der Waals surface area contributed by atoms with E-state index < -0.39 is 14.6 Å². The Hall–Kier alpha value is -1.96. The molecule has 0 aromatic heterocycles. The molecule has 1 N–H and O–H groups in total. The smallest absolute Gasteiger partial charge is 0.194 e. The number of fused-ring (bicyclic) bond motifs is 1. The van der Waals surface area contributed by atoms with E-state index in [0.717, 1.165) is 29.4 Å². The maximum Gasteiger partial charge on any atom is 0.194 e. The molecule has 8 heteroatoms. The number of ether oxygens (including phenoxy) is 2. The molecule has 1 aromatic carbocycles. The number of benzene rings is 1. The Bertz CT molecular complexity index is 880. The van der Waals surface area contributed by atoms with E-state index >= 15 is 0 Å². The summed E-state index contributed by atoms with van der Waals surface area (Å²) in [7, 11) is -3.10. The van der Waals surface area contributed by atoms with Crippen molar-refractivity contribution in [3.63, 3.8) is 0 Å². The van der Waals surface area contributed by atoms with E-state index in [4.69, 9.17) is 14.5 Å². The number of aliphatic imine (C=N–C) groups is 1. The number of guanidine groups is 1. The van der Waals surface area contributed by atoms with Crippen molar-refractivity contribution in [2.24, 2.45) is 4.99 Å². The fraction of sp³-hybridized carbons (Fsp3) is 0.667. The van der Waals surface area contributed by atoms with Crippen LogP contribution in [0.4, 0.5) is 0 Å². The molecule has 0 saturated carbocycles. The average molecular weight is 424 g/mol. The minimum Gasteiger partial charge on any atom is -0.494 e. The van der Waals surface area contributed by atoms with Gasteiger partial charge in [-0.2, -0.15) is 0 Å². The van der Waals surface area contributed by atoms with E-state index in [-0.39, 0.29) is 11.9 Å². The third-order valence-electron chi connectivity index (χ3n) is 5.46. The molecular weight excluding hydrogens is 390 g/mol. The third-order valence-corrected chi connectivity index (χ3v) is 7.99. The van der Waals surface area contributed by atoms with Crippen LogP contribution >= 0.6 is 0 Å². The van der Waals surface area contributed by atoms with Crippen LogP contribution < -0.4 is 14.8 Å². The fourth-order valence-electron chi connectivity index (χ4n) is 3.81. The summed E-state index contributed by atoms with van der Waals surface area (Å²) in [5.74, 6) is 2.61. The number of rotatable bonds is 5. The molecule has 1 saturated heterocycles. The molecule has 29 heavy (non-hydrogen) atoms. The van der Waals surface area contributed by atoms with Gasteiger partial charge in [0.15, 0.2) is 15.8 Å². The standard InChI is InChI=1S/C21H33N3O4S/c1-6-22-20(24-8-9-29(25,26)21(4,5)14-24)23-13-17-12-19-16(10-15(3)28-19)11-18(17)27-7-2/h11-12,15H,6-10,13-14H2,1-5H3,(H,22,23). The predicted octanol–water partition coefficient (Wildman–Crippen LogP) is 2.38. The van der Waals surface area contributed by atoms with Gasteiger partial charge in [-0.25, -0.2) is 13.4 Å². The Morgan fingerprint density at radius 3 is 2.79 bits per heavy atom. The lowest BCUT2D eigenvalue weighted by atomic mass is 10.1. The molecular formula is C21H33N3O4S. The van der Waals surface area contributed by atoms with Crippen LogP contribution in [0.25, 0.3) is 0 Å². The van der Waals surface area contributed by atoms with E-state index in [0.29, 0.717) is 32.8 Å². The Kier molecular flexibility index (Phi) is 6.31. The van der Waals surface area contributed by atoms with Crippen LogP contribution in [0.1, 0.15) is 45.7 Å². The van der Waals surface area contributed by atoms with Crippen molar-refractivity contribution in [2.75, 3.05) is 32.0 Å². The lowest BCUT2D eigenvalue weighted by Crippen LogP contribution is -2.57. The van der Waals surface area contributed by atoms with E-state index in [1.54, 1.807) is 13.8 Å². The second-order valence-electron chi connectivity index (χ2n) is 8.30. The maximum atomic E-state index is 12.3. The zero-order chi connectivity index (χ0) is 21.2. The summed E-state index contributed by atoms with van der Waals surface area (Å²) in [4.78, 5) is 6.85. The normalized spacial score (nSPS) is 22.7. The molecule has 0 radical (unpaired) electrons. The molecule has 2 heterocycles. The van der Waals surface area contributed by atoms with Crippen LogP contribution in [0.5, 0.6) is 11.5 Å². The first-order valence-electron chi connectivity index (χ1n) is 10.4. The first-order chi connectivity index (χ1) is 13.7. The monoisotopic (exact) mass is 423 g/mol. The number of nitrogens with one attached hydrogen (secondary N) is 1. The first kappa shape index (κ1) is 21.7. The molecule has 1 fully saturated rings. The highest BCUT2D eigenvalue weighted by Crippen LogP contribution is 2.35. The maximum absolute atomic E-state index is 12.3. The largest absolute Gasteiger partial charge is 0.494 e. The molecule has 1 aromatic rings. The summed E-state index contributed by atoms with van der Waals surface area (Å²) < 4.78 is 35.7. The molecule has 162 valence electrons. The molecule has 7 nitrogen and oxygen atoms in total. The summed E-state index contributed by atoms with van der Waals surface area (Å²) in [5, 5.41) is 3.31. The van der Waals surface area contributed by atoms with Gasteiger partial charge in [0.05, 0.1) is 23.7 Å². The zero-order valence-electron chi connectivity index (χ0n) is 18.1. The summed E-state index contributed by atoms with van der Waals surface area (Å²) >= 11 is 0. The third kappa shape index (κ3) is 4.63. The van der Waals surface area contributed by atoms with Gasteiger partial charge in [0.25, 0.3) is 0 Å². The second kappa shape index (κ2) is 8.42. The quantitative estimate of drug-likeness (QED) is 0.579.